The first kappa shape index (κ1) is 19.9. The summed E-state index contributed by atoms with van der Waals surface area (Å²) in [5.74, 6) is 0.496. The zero-order valence-corrected chi connectivity index (χ0v) is 15.9. The molecule has 1 aliphatic heterocycles. The molecular weight excluding hydrogens is 378 g/mol. The first-order valence-corrected chi connectivity index (χ1v) is 8.82. The molecule has 9 heteroatoms. The van der Waals surface area contributed by atoms with Crippen molar-refractivity contribution in [2.24, 2.45) is 0 Å². The molecule has 29 heavy (non-hydrogen) atoms. The summed E-state index contributed by atoms with van der Waals surface area (Å²) in [7, 11) is 1.40. The van der Waals surface area contributed by atoms with Gasteiger partial charge in [0.05, 0.1) is 11.5 Å². The first-order valence-electron chi connectivity index (χ1n) is 8.82. The predicted octanol–water partition coefficient (Wildman–Crippen LogP) is 3.10. The maximum absolute atomic E-state index is 12.0. The molecule has 150 valence electrons. The van der Waals surface area contributed by atoms with Crippen molar-refractivity contribution in [3.8, 4) is 11.5 Å². The van der Waals surface area contributed by atoms with Gasteiger partial charge in [0.15, 0.2) is 11.5 Å². The molecule has 2 aromatic rings. The number of rotatable bonds is 7. The Bertz CT molecular complexity index is 1000. The first-order chi connectivity index (χ1) is 13.9. The lowest BCUT2D eigenvalue weighted by molar-refractivity contribution is -0.384. The van der Waals surface area contributed by atoms with Crippen LogP contribution in [0.4, 0.5) is 10.5 Å². The second kappa shape index (κ2) is 8.42. The highest BCUT2D eigenvalue weighted by molar-refractivity contribution is 6.13. The summed E-state index contributed by atoms with van der Waals surface area (Å²) in [5, 5.41) is 13.4. The van der Waals surface area contributed by atoms with Crippen molar-refractivity contribution in [3.05, 3.63) is 69.4 Å². The summed E-state index contributed by atoms with van der Waals surface area (Å²) in [6.45, 7) is 2.35. The van der Waals surface area contributed by atoms with Crippen LogP contribution in [-0.4, -0.2) is 35.4 Å². The van der Waals surface area contributed by atoms with E-state index in [-0.39, 0.29) is 18.0 Å². The molecule has 2 aromatic carbocycles. The van der Waals surface area contributed by atoms with Gasteiger partial charge in [-0.25, -0.2) is 4.79 Å². The maximum Gasteiger partial charge on any atom is 0.328 e. The lowest BCUT2D eigenvalue weighted by atomic mass is 10.1. The highest BCUT2D eigenvalue weighted by atomic mass is 16.6. The zero-order valence-electron chi connectivity index (χ0n) is 15.9. The van der Waals surface area contributed by atoms with Crippen molar-refractivity contribution in [1.82, 2.24) is 10.2 Å². The van der Waals surface area contributed by atoms with E-state index >= 15 is 0 Å². The second-order valence-corrected chi connectivity index (χ2v) is 6.21. The van der Waals surface area contributed by atoms with Crippen LogP contribution in [0.1, 0.15) is 18.1 Å². The van der Waals surface area contributed by atoms with Crippen LogP contribution in [0.5, 0.6) is 11.5 Å². The SMILES string of the molecule is CCOc1cc(/C=C2/NC(=O)N(C)C2=O)ccc1OCc1cccc([N+](=O)[O-])c1. The molecule has 0 unspecified atom stereocenters. The van der Waals surface area contributed by atoms with E-state index in [1.54, 1.807) is 36.4 Å². The van der Waals surface area contributed by atoms with Gasteiger partial charge in [0.25, 0.3) is 11.6 Å². The summed E-state index contributed by atoms with van der Waals surface area (Å²) < 4.78 is 11.4. The van der Waals surface area contributed by atoms with E-state index in [1.807, 2.05) is 6.92 Å². The van der Waals surface area contributed by atoms with E-state index in [0.717, 1.165) is 4.90 Å². The molecule has 0 bridgehead atoms. The number of urea groups is 1. The Morgan fingerprint density at radius 3 is 2.59 bits per heavy atom. The fourth-order valence-corrected chi connectivity index (χ4v) is 2.71. The number of benzene rings is 2. The van der Waals surface area contributed by atoms with Crippen molar-refractivity contribution in [2.75, 3.05) is 13.7 Å². The molecule has 0 aromatic heterocycles. The average Bonchev–Trinajstić information content (AvgIpc) is 2.94. The Kier molecular flexibility index (Phi) is 5.77. The summed E-state index contributed by atoms with van der Waals surface area (Å²) in [4.78, 5) is 35.0. The van der Waals surface area contributed by atoms with Crippen LogP contribution in [0.25, 0.3) is 6.08 Å². The molecule has 1 heterocycles. The van der Waals surface area contributed by atoms with Crippen molar-refractivity contribution < 1.29 is 24.0 Å². The van der Waals surface area contributed by atoms with E-state index in [1.165, 1.54) is 19.2 Å². The third-order valence-corrected chi connectivity index (χ3v) is 4.18. The van der Waals surface area contributed by atoms with Gasteiger partial charge in [-0.2, -0.15) is 0 Å². The van der Waals surface area contributed by atoms with Gasteiger partial charge in [-0.3, -0.25) is 19.8 Å². The van der Waals surface area contributed by atoms with Crippen LogP contribution in [0.15, 0.2) is 48.2 Å². The molecule has 1 N–H and O–H groups in total. The van der Waals surface area contributed by atoms with E-state index in [2.05, 4.69) is 5.32 Å². The van der Waals surface area contributed by atoms with Gasteiger partial charge in [-0.1, -0.05) is 18.2 Å². The Hall–Kier alpha value is -3.88. The monoisotopic (exact) mass is 397 g/mol. The van der Waals surface area contributed by atoms with Crippen molar-refractivity contribution >= 4 is 23.7 Å². The Morgan fingerprint density at radius 2 is 1.93 bits per heavy atom. The van der Waals surface area contributed by atoms with Gasteiger partial charge in [0, 0.05) is 19.2 Å². The summed E-state index contributed by atoms with van der Waals surface area (Å²) in [6.07, 6.45) is 1.55. The summed E-state index contributed by atoms with van der Waals surface area (Å²) in [5.41, 5.74) is 1.46. The fraction of sp³-hybridized carbons (Fsp3) is 0.200. The van der Waals surface area contributed by atoms with Crippen molar-refractivity contribution in [3.63, 3.8) is 0 Å². The lowest BCUT2D eigenvalue weighted by Gasteiger charge is -2.13. The number of nitrogens with one attached hydrogen (secondary N) is 1. The average molecular weight is 397 g/mol. The van der Waals surface area contributed by atoms with Gasteiger partial charge in [0.1, 0.15) is 12.3 Å². The lowest BCUT2D eigenvalue weighted by Crippen LogP contribution is -2.25. The quantitative estimate of drug-likeness (QED) is 0.333. The van der Waals surface area contributed by atoms with Gasteiger partial charge in [-0.15, -0.1) is 0 Å². The van der Waals surface area contributed by atoms with Crippen LogP contribution in [0, 0.1) is 10.1 Å². The number of nitro benzene ring substituents is 1. The number of nitro groups is 1. The van der Waals surface area contributed by atoms with Crippen LogP contribution >= 0.6 is 0 Å². The molecular formula is C20H19N3O6. The highest BCUT2D eigenvalue weighted by Crippen LogP contribution is 2.30. The number of likely N-dealkylation sites (N-methyl/N-ethyl adjacent to an activating group) is 1. The van der Waals surface area contributed by atoms with Gasteiger partial charge >= 0.3 is 6.03 Å². The van der Waals surface area contributed by atoms with Crippen molar-refractivity contribution in [1.29, 1.82) is 0 Å². The molecule has 0 atom stereocenters. The minimum atomic E-state index is -0.483. The number of ether oxygens (including phenoxy) is 2. The molecule has 0 saturated carbocycles. The van der Waals surface area contributed by atoms with E-state index in [9.17, 15) is 19.7 Å². The molecule has 1 fully saturated rings. The number of carbonyl (C=O) groups is 2. The third kappa shape index (κ3) is 4.52. The number of carbonyl (C=O) groups excluding carboxylic acids is 2. The van der Waals surface area contributed by atoms with Gasteiger partial charge in [-0.05, 0) is 36.3 Å². The van der Waals surface area contributed by atoms with Crippen LogP contribution in [0.3, 0.4) is 0 Å². The fourth-order valence-electron chi connectivity index (χ4n) is 2.71. The molecule has 0 spiro atoms. The Labute approximate surface area is 166 Å². The summed E-state index contributed by atoms with van der Waals surface area (Å²) in [6, 6.07) is 10.8. The van der Waals surface area contributed by atoms with E-state index in [0.29, 0.717) is 29.2 Å². The highest BCUT2D eigenvalue weighted by Gasteiger charge is 2.30. The normalized spacial score (nSPS) is 14.8. The topological polar surface area (TPSA) is 111 Å². The number of imide groups is 1. The van der Waals surface area contributed by atoms with E-state index < -0.39 is 16.9 Å². The van der Waals surface area contributed by atoms with Crippen molar-refractivity contribution in [2.45, 2.75) is 13.5 Å². The van der Waals surface area contributed by atoms with E-state index in [4.69, 9.17) is 9.47 Å². The molecule has 0 aliphatic carbocycles. The van der Waals surface area contributed by atoms with Crippen LogP contribution in [0.2, 0.25) is 0 Å². The smallest absolute Gasteiger partial charge is 0.328 e. The molecule has 0 radical (unpaired) electrons. The number of nitrogens with zero attached hydrogens (tertiary/aromatic N) is 2. The minimum absolute atomic E-state index is 0.00801. The van der Waals surface area contributed by atoms with Gasteiger partial charge < -0.3 is 14.8 Å². The number of amides is 3. The standard InChI is InChI=1S/C20H19N3O6/c1-3-28-18-11-13(10-16-19(24)22(2)20(25)21-16)7-8-17(18)29-12-14-5-4-6-15(9-14)23(26)27/h4-11H,3,12H2,1-2H3,(H,21,25)/b16-10+. The predicted molar refractivity (Wildman–Crippen MR) is 104 cm³/mol. The van der Waals surface area contributed by atoms with Gasteiger partial charge in [0.2, 0.25) is 0 Å². The molecule has 1 aliphatic rings. The second-order valence-electron chi connectivity index (χ2n) is 6.21. The maximum atomic E-state index is 12.0. The Balaban J connectivity index is 1.80. The van der Waals surface area contributed by atoms with Crippen LogP contribution in [-0.2, 0) is 11.4 Å². The summed E-state index contributed by atoms with van der Waals surface area (Å²) >= 11 is 0. The third-order valence-electron chi connectivity index (χ3n) is 4.18. The molecule has 3 amide bonds. The molecule has 1 saturated heterocycles. The van der Waals surface area contributed by atoms with Crippen LogP contribution < -0.4 is 14.8 Å². The minimum Gasteiger partial charge on any atom is -0.490 e. The number of hydrogen-bond donors (Lipinski definition) is 1. The Morgan fingerprint density at radius 1 is 1.14 bits per heavy atom. The molecule has 9 nitrogen and oxygen atoms in total. The zero-order chi connectivity index (χ0) is 21.0. The molecule has 3 rings (SSSR count). The number of hydrogen-bond acceptors (Lipinski definition) is 6. The number of non-ortho nitro benzene ring substituents is 1. The largest absolute Gasteiger partial charge is 0.490 e.